The maximum absolute atomic E-state index is 13.2. The van der Waals surface area contributed by atoms with Crippen molar-refractivity contribution in [3.8, 4) is 0 Å². The zero-order chi connectivity index (χ0) is 19.3. The Morgan fingerprint density at radius 3 is 2.68 bits per heavy atom. The maximum atomic E-state index is 13.2. The summed E-state index contributed by atoms with van der Waals surface area (Å²) >= 11 is 2.70. The summed E-state index contributed by atoms with van der Waals surface area (Å²) in [6.07, 6.45) is 3.91. The highest BCUT2D eigenvalue weighted by atomic mass is 32.2. The molecule has 1 amide bonds. The molecule has 0 bridgehead atoms. The van der Waals surface area contributed by atoms with Crippen molar-refractivity contribution in [3.63, 3.8) is 0 Å². The number of carbonyl (C=O) groups excluding carboxylic acids is 1. The van der Waals surface area contributed by atoms with E-state index in [1.165, 1.54) is 35.7 Å². The number of thioether (sulfide) groups is 1. The van der Waals surface area contributed by atoms with Gasteiger partial charge in [-0.1, -0.05) is 23.5 Å². The first kappa shape index (κ1) is 18.4. The Morgan fingerprint density at radius 1 is 1.11 bits per heavy atom. The molecule has 10 heteroatoms. The second-order valence-electron chi connectivity index (χ2n) is 5.57. The fraction of sp³-hybridized carbons (Fsp3) is 0.0556. The van der Waals surface area contributed by atoms with Crippen molar-refractivity contribution in [3.05, 3.63) is 60.2 Å². The lowest BCUT2D eigenvalue weighted by Crippen LogP contribution is -2.15. The van der Waals surface area contributed by atoms with Crippen LogP contribution in [0.2, 0.25) is 0 Å². The predicted octanol–water partition coefficient (Wildman–Crippen LogP) is 4.23. The Labute approximate surface area is 168 Å². The molecular weight excluding hydrogens is 399 g/mol. The highest BCUT2D eigenvalue weighted by Gasteiger charge is 2.18. The van der Waals surface area contributed by atoms with Crippen LogP contribution in [-0.2, 0) is 0 Å². The molecule has 3 heterocycles. The lowest BCUT2D eigenvalue weighted by molar-refractivity contribution is 0.101. The predicted molar refractivity (Wildman–Crippen MR) is 108 cm³/mol. The van der Waals surface area contributed by atoms with Gasteiger partial charge in [-0.25, -0.2) is 9.37 Å². The van der Waals surface area contributed by atoms with Crippen LogP contribution in [0.15, 0.2) is 73.7 Å². The number of nitrogens with zero attached hydrogens (tertiary/aromatic N) is 4. The van der Waals surface area contributed by atoms with Crippen LogP contribution < -0.4 is 5.32 Å². The fourth-order valence-corrected chi connectivity index (χ4v) is 3.97. The van der Waals surface area contributed by atoms with Gasteiger partial charge in [-0.15, -0.1) is 5.10 Å². The zero-order valence-corrected chi connectivity index (χ0v) is 15.9. The van der Waals surface area contributed by atoms with E-state index in [9.17, 15) is 9.18 Å². The minimum absolute atomic E-state index is 0.258. The third kappa shape index (κ3) is 4.46. The Morgan fingerprint density at radius 2 is 1.96 bits per heavy atom. The molecule has 0 fully saturated rings. The van der Waals surface area contributed by atoms with Crippen molar-refractivity contribution < 1.29 is 9.18 Å². The van der Waals surface area contributed by atoms with Crippen molar-refractivity contribution in [2.75, 3.05) is 5.32 Å². The van der Waals surface area contributed by atoms with E-state index in [0.717, 1.165) is 9.94 Å². The average Bonchev–Trinajstić information content (AvgIpc) is 3.39. The summed E-state index contributed by atoms with van der Waals surface area (Å²) in [4.78, 5) is 18.8. The maximum Gasteiger partial charge on any atom is 0.276 e. The van der Waals surface area contributed by atoms with E-state index in [2.05, 4.69) is 30.7 Å². The minimum Gasteiger partial charge on any atom is -0.306 e. The van der Waals surface area contributed by atoms with Crippen LogP contribution in [0.3, 0.4) is 0 Å². The molecule has 140 valence electrons. The first-order chi connectivity index (χ1) is 13.7. The molecule has 0 saturated heterocycles. The third-order valence-corrected chi connectivity index (χ3v) is 5.56. The molecule has 28 heavy (non-hydrogen) atoms. The molecule has 4 rings (SSSR count). The summed E-state index contributed by atoms with van der Waals surface area (Å²) in [5, 5.41) is 18.6. The Balaban J connectivity index is 1.62. The average molecular weight is 412 g/mol. The van der Waals surface area contributed by atoms with E-state index in [4.69, 9.17) is 0 Å². The van der Waals surface area contributed by atoms with Crippen LogP contribution in [0, 0.1) is 5.82 Å². The number of carbonyl (C=O) groups is 1. The second-order valence-corrected chi connectivity index (χ2v) is 7.78. The topological polar surface area (TPSA) is 95.4 Å². The number of rotatable bonds is 5. The van der Waals surface area contributed by atoms with Crippen LogP contribution in [0.1, 0.15) is 16.9 Å². The Hall–Kier alpha value is -2.98. The Kier molecular flexibility index (Phi) is 5.49. The molecule has 0 aliphatic carbocycles. The molecule has 1 aliphatic heterocycles. The first-order valence-corrected chi connectivity index (χ1v) is 9.82. The van der Waals surface area contributed by atoms with Crippen LogP contribution in [0.25, 0.3) is 0 Å². The van der Waals surface area contributed by atoms with E-state index < -0.39 is 0 Å². The minimum atomic E-state index is -0.374. The molecule has 1 aromatic carbocycles. The molecule has 1 aliphatic rings. The molecule has 0 radical (unpaired) electrons. The van der Waals surface area contributed by atoms with Gasteiger partial charge in [0.1, 0.15) is 27.4 Å². The van der Waals surface area contributed by atoms with Crippen molar-refractivity contribution >= 4 is 46.5 Å². The molecule has 0 unspecified atom stereocenters. The quantitative estimate of drug-likeness (QED) is 0.654. The SMILES string of the molecule is O=C(Nc1ccn[nH]1)c1nc(SC2=NN=CC2)ccc1Sc1ccc(F)cc1. The third-order valence-electron chi connectivity index (χ3n) is 3.58. The van der Waals surface area contributed by atoms with E-state index in [1.807, 2.05) is 12.1 Å². The smallest absolute Gasteiger partial charge is 0.276 e. The van der Waals surface area contributed by atoms with Gasteiger partial charge in [0, 0.05) is 28.5 Å². The van der Waals surface area contributed by atoms with Gasteiger partial charge in [0.2, 0.25) is 0 Å². The number of anilines is 1. The lowest BCUT2D eigenvalue weighted by atomic mass is 10.3. The number of halogens is 1. The molecule has 3 aromatic rings. The second kappa shape index (κ2) is 8.36. The van der Waals surface area contributed by atoms with Crippen molar-refractivity contribution in [1.82, 2.24) is 15.2 Å². The van der Waals surface area contributed by atoms with Gasteiger partial charge in [-0.2, -0.15) is 10.2 Å². The van der Waals surface area contributed by atoms with Gasteiger partial charge in [0.05, 0.1) is 6.20 Å². The largest absolute Gasteiger partial charge is 0.306 e. The van der Waals surface area contributed by atoms with Gasteiger partial charge in [0.25, 0.3) is 5.91 Å². The van der Waals surface area contributed by atoms with E-state index >= 15 is 0 Å². The van der Waals surface area contributed by atoms with Gasteiger partial charge in [0.15, 0.2) is 0 Å². The summed E-state index contributed by atoms with van der Waals surface area (Å²) in [5.74, 6) is -0.219. The lowest BCUT2D eigenvalue weighted by Gasteiger charge is -2.10. The van der Waals surface area contributed by atoms with Crippen LogP contribution in [-0.4, -0.2) is 32.3 Å². The van der Waals surface area contributed by atoms with Gasteiger partial charge >= 0.3 is 0 Å². The highest BCUT2D eigenvalue weighted by Crippen LogP contribution is 2.32. The summed E-state index contributed by atoms with van der Waals surface area (Å²) in [6, 6.07) is 11.4. The van der Waals surface area contributed by atoms with Crippen molar-refractivity contribution in [2.45, 2.75) is 21.2 Å². The number of hydrogen-bond acceptors (Lipinski definition) is 7. The van der Waals surface area contributed by atoms with Crippen molar-refractivity contribution in [2.24, 2.45) is 10.2 Å². The van der Waals surface area contributed by atoms with E-state index in [0.29, 0.717) is 22.2 Å². The van der Waals surface area contributed by atoms with Crippen LogP contribution in [0.5, 0.6) is 0 Å². The molecule has 0 atom stereocenters. The summed E-state index contributed by atoms with van der Waals surface area (Å²) in [6.45, 7) is 0. The number of benzene rings is 1. The monoisotopic (exact) mass is 412 g/mol. The van der Waals surface area contributed by atoms with E-state index in [1.54, 1.807) is 30.6 Å². The molecule has 0 spiro atoms. The molecular formula is C18H13FN6OS2. The van der Waals surface area contributed by atoms with Gasteiger partial charge < -0.3 is 5.32 Å². The zero-order valence-electron chi connectivity index (χ0n) is 14.3. The molecule has 2 N–H and O–H groups in total. The van der Waals surface area contributed by atoms with Gasteiger partial charge in [-0.3, -0.25) is 9.89 Å². The van der Waals surface area contributed by atoms with Crippen LogP contribution in [0.4, 0.5) is 10.2 Å². The van der Waals surface area contributed by atoms with Crippen LogP contribution >= 0.6 is 23.5 Å². The standard InChI is InChI=1S/C18H13FN6OS2/c19-11-1-3-12(4-2-11)27-13-5-6-15(28-16-8-10-21-25-16)23-17(13)18(26)22-14-7-9-20-24-14/h1-7,9-10H,8H2,(H2,20,22,24,26). The summed E-state index contributed by atoms with van der Waals surface area (Å²) in [7, 11) is 0. The van der Waals surface area contributed by atoms with Gasteiger partial charge in [-0.05, 0) is 36.4 Å². The fourth-order valence-electron chi connectivity index (χ4n) is 2.31. The number of hydrogen-bond donors (Lipinski definition) is 2. The highest BCUT2D eigenvalue weighted by molar-refractivity contribution is 8.14. The Bertz CT molecular complexity index is 1050. The molecule has 0 saturated carbocycles. The number of aromatic amines is 1. The van der Waals surface area contributed by atoms with Crippen molar-refractivity contribution in [1.29, 1.82) is 0 Å². The number of pyridine rings is 1. The summed E-state index contributed by atoms with van der Waals surface area (Å²) in [5.41, 5.74) is 0.258. The van der Waals surface area contributed by atoms with E-state index in [-0.39, 0.29) is 17.4 Å². The number of H-pyrrole nitrogens is 1. The number of aromatic nitrogens is 3. The molecule has 7 nitrogen and oxygen atoms in total. The molecule has 2 aromatic heterocycles. The number of amides is 1. The summed E-state index contributed by atoms with van der Waals surface area (Å²) < 4.78 is 13.2. The normalized spacial score (nSPS) is 12.8. The number of nitrogens with one attached hydrogen (secondary N) is 2. The first-order valence-electron chi connectivity index (χ1n) is 8.19.